The van der Waals surface area contributed by atoms with Crippen molar-refractivity contribution in [3.8, 4) is 0 Å². The number of H-pyrrole nitrogens is 1. The van der Waals surface area contributed by atoms with E-state index in [1.165, 1.54) is 18.8 Å². The highest BCUT2D eigenvalue weighted by Crippen LogP contribution is 2.07. The molecular formula is C9H10N4O3. The largest absolute Gasteiger partial charge is 0.480 e. The van der Waals surface area contributed by atoms with Crippen molar-refractivity contribution in [1.29, 1.82) is 0 Å². The Kier molecular flexibility index (Phi) is 2.86. The van der Waals surface area contributed by atoms with Crippen LogP contribution in [0.2, 0.25) is 0 Å². The minimum atomic E-state index is -0.979. The van der Waals surface area contributed by atoms with Crippen LogP contribution in [-0.4, -0.2) is 32.1 Å². The molecule has 0 aromatic carbocycles. The summed E-state index contributed by atoms with van der Waals surface area (Å²) in [4.78, 5) is 21.4. The van der Waals surface area contributed by atoms with Gasteiger partial charge in [0.1, 0.15) is 12.3 Å². The number of anilines is 1. The SMILES string of the molecule is O=C(O)C(Cc1cnc[nH]1)Nc1ncco1. The van der Waals surface area contributed by atoms with Gasteiger partial charge < -0.3 is 19.8 Å². The zero-order chi connectivity index (χ0) is 11.4. The van der Waals surface area contributed by atoms with Gasteiger partial charge in [0.25, 0.3) is 6.01 Å². The first-order valence-electron chi connectivity index (χ1n) is 4.62. The van der Waals surface area contributed by atoms with E-state index in [0.717, 1.165) is 5.69 Å². The number of carbonyl (C=O) groups is 1. The molecule has 0 aliphatic rings. The number of carboxylic acids is 1. The van der Waals surface area contributed by atoms with Crippen LogP contribution in [0.15, 0.2) is 29.4 Å². The second-order valence-electron chi connectivity index (χ2n) is 3.15. The summed E-state index contributed by atoms with van der Waals surface area (Å²) in [6.45, 7) is 0. The number of nitrogens with zero attached hydrogens (tertiary/aromatic N) is 2. The molecular weight excluding hydrogens is 212 g/mol. The summed E-state index contributed by atoms with van der Waals surface area (Å²) in [6.07, 6.45) is 6.17. The molecule has 2 rings (SSSR count). The number of oxazole rings is 1. The van der Waals surface area contributed by atoms with Crippen molar-refractivity contribution >= 4 is 12.0 Å². The zero-order valence-electron chi connectivity index (χ0n) is 8.25. The minimum Gasteiger partial charge on any atom is -0.480 e. The summed E-state index contributed by atoms with van der Waals surface area (Å²) in [5.41, 5.74) is 0.728. The maximum atomic E-state index is 11.0. The fourth-order valence-electron chi connectivity index (χ4n) is 1.26. The van der Waals surface area contributed by atoms with Crippen LogP contribution in [0.5, 0.6) is 0 Å². The fourth-order valence-corrected chi connectivity index (χ4v) is 1.26. The van der Waals surface area contributed by atoms with Crippen molar-refractivity contribution < 1.29 is 14.3 Å². The highest BCUT2D eigenvalue weighted by atomic mass is 16.4. The number of imidazole rings is 1. The summed E-state index contributed by atoms with van der Waals surface area (Å²) in [6, 6.07) is -0.619. The molecule has 2 heterocycles. The topological polar surface area (TPSA) is 104 Å². The second kappa shape index (κ2) is 4.47. The van der Waals surface area contributed by atoms with Gasteiger partial charge in [-0.1, -0.05) is 0 Å². The summed E-state index contributed by atoms with van der Waals surface area (Å²) >= 11 is 0. The van der Waals surface area contributed by atoms with Gasteiger partial charge in [0.15, 0.2) is 0 Å². The Morgan fingerprint density at radius 3 is 3.12 bits per heavy atom. The number of carboxylic acid groups (broad SMARTS) is 1. The number of hydrogen-bond donors (Lipinski definition) is 3. The predicted molar refractivity (Wildman–Crippen MR) is 53.8 cm³/mol. The van der Waals surface area contributed by atoms with E-state index in [4.69, 9.17) is 9.52 Å². The Labute approximate surface area is 90.5 Å². The number of aliphatic carboxylic acids is 1. The molecule has 84 valence electrons. The fraction of sp³-hybridized carbons (Fsp3) is 0.222. The molecule has 1 unspecified atom stereocenters. The standard InChI is InChI=1S/C9H10N4O3/c14-8(15)7(3-6-4-10-5-12-6)13-9-11-1-2-16-9/h1-2,4-5,7H,3H2,(H,10,12)(H,11,13)(H,14,15). The van der Waals surface area contributed by atoms with Crippen LogP contribution in [0.25, 0.3) is 0 Å². The first kappa shape index (κ1) is 10.2. The molecule has 16 heavy (non-hydrogen) atoms. The van der Waals surface area contributed by atoms with Crippen molar-refractivity contribution in [2.24, 2.45) is 0 Å². The third-order valence-electron chi connectivity index (χ3n) is 2.01. The molecule has 7 nitrogen and oxygen atoms in total. The Bertz CT molecular complexity index is 401. The number of nitrogens with one attached hydrogen (secondary N) is 2. The quantitative estimate of drug-likeness (QED) is 0.680. The third kappa shape index (κ3) is 2.38. The molecule has 0 radical (unpaired) electrons. The highest BCUT2D eigenvalue weighted by molar-refractivity contribution is 5.76. The number of rotatable bonds is 5. The Morgan fingerprint density at radius 2 is 2.56 bits per heavy atom. The molecule has 2 aromatic rings. The maximum Gasteiger partial charge on any atom is 0.326 e. The van der Waals surface area contributed by atoms with Crippen LogP contribution in [0, 0.1) is 0 Å². The van der Waals surface area contributed by atoms with Gasteiger partial charge in [-0.25, -0.2) is 14.8 Å². The molecule has 0 saturated carbocycles. The van der Waals surface area contributed by atoms with Crippen molar-refractivity contribution in [3.63, 3.8) is 0 Å². The molecule has 2 aromatic heterocycles. The van der Waals surface area contributed by atoms with Gasteiger partial charge in [0.05, 0.1) is 12.5 Å². The van der Waals surface area contributed by atoms with Gasteiger partial charge in [-0.05, 0) is 0 Å². The van der Waals surface area contributed by atoms with E-state index in [9.17, 15) is 4.79 Å². The number of hydrogen-bond acceptors (Lipinski definition) is 5. The Morgan fingerprint density at radius 1 is 1.69 bits per heavy atom. The van der Waals surface area contributed by atoms with Gasteiger partial charge in [-0.3, -0.25) is 0 Å². The average Bonchev–Trinajstić information content (AvgIpc) is 2.88. The van der Waals surface area contributed by atoms with E-state index >= 15 is 0 Å². The predicted octanol–water partition coefficient (Wildman–Crippen LogP) is 0.505. The number of aromatic amines is 1. The van der Waals surface area contributed by atoms with Gasteiger partial charge in [0, 0.05) is 18.3 Å². The van der Waals surface area contributed by atoms with E-state index in [2.05, 4.69) is 20.3 Å². The molecule has 0 amide bonds. The van der Waals surface area contributed by atoms with Gasteiger partial charge in [0.2, 0.25) is 0 Å². The maximum absolute atomic E-state index is 11.0. The summed E-state index contributed by atoms with van der Waals surface area (Å²) in [5, 5.41) is 11.7. The van der Waals surface area contributed by atoms with Crippen LogP contribution in [0.1, 0.15) is 5.69 Å². The summed E-state index contributed by atoms with van der Waals surface area (Å²) < 4.78 is 4.92. The van der Waals surface area contributed by atoms with Crippen LogP contribution < -0.4 is 5.32 Å². The van der Waals surface area contributed by atoms with E-state index < -0.39 is 12.0 Å². The molecule has 3 N–H and O–H groups in total. The molecule has 0 saturated heterocycles. The molecule has 0 aliphatic heterocycles. The lowest BCUT2D eigenvalue weighted by Crippen LogP contribution is -2.31. The van der Waals surface area contributed by atoms with Crippen LogP contribution in [0.3, 0.4) is 0 Å². The molecule has 7 heteroatoms. The first-order chi connectivity index (χ1) is 7.75. The van der Waals surface area contributed by atoms with Crippen LogP contribution >= 0.6 is 0 Å². The first-order valence-corrected chi connectivity index (χ1v) is 4.62. The van der Waals surface area contributed by atoms with E-state index in [1.807, 2.05) is 0 Å². The molecule has 0 aliphatic carbocycles. The van der Waals surface area contributed by atoms with Crippen LogP contribution in [0.4, 0.5) is 6.01 Å². The normalized spacial score (nSPS) is 12.2. The lowest BCUT2D eigenvalue weighted by atomic mass is 10.2. The van der Waals surface area contributed by atoms with Gasteiger partial charge >= 0.3 is 5.97 Å². The second-order valence-corrected chi connectivity index (χ2v) is 3.15. The summed E-state index contributed by atoms with van der Waals surface area (Å²) in [5.74, 6) is -0.979. The monoisotopic (exact) mass is 222 g/mol. The van der Waals surface area contributed by atoms with Gasteiger partial charge in [-0.15, -0.1) is 0 Å². The lowest BCUT2D eigenvalue weighted by Gasteiger charge is -2.11. The highest BCUT2D eigenvalue weighted by Gasteiger charge is 2.19. The molecule has 0 fully saturated rings. The van der Waals surface area contributed by atoms with Crippen molar-refractivity contribution in [2.75, 3.05) is 5.32 Å². The smallest absolute Gasteiger partial charge is 0.326 e. The number of aromatic nitrogens is 3. The van der Waals surface area contributed by atoms with E-state index in [0.29, 0.717) is 0 Å². The minimum absolute atomic E-state index is 0.187. The Balaban J connectivity index is 2.03. The third-order valence-corrected chi connectivity index (χ3v) is 2.01. The molecule has 0 bridgehead atoms. The Hall–Kier alpha value is -2.31. The zero-order valence-corrected chi connectivity index (χ0v) is 8.25. The summed E-state index contributed by atoms with van der Waals surface area (Å²) in [7, 11) is 0. The van der Waals surface area contributed by atoms with E-state index in [1.54, 1.807) is 6.20 Å². The lowest BCUT2D eigenvalue weighted by molar-refractivity contribution is -0.137. The van der Waals surface area contributed by atoms with Crippen LogP contribution in [-0.2, 0) is 11.2 Å². The van der Waals surface area contributed by atoms with E-state index in [-0.39, 0.29) is 12.4 Å². The molecule has 1 atom stereocenters. The van der Waals surface area contributed by atoms with Crippen molar-refractivity contribution in [3.05, 3.63) is 30.7 Å². The van der Waals surface area contributed by atoms with Crippen molar-refractivity contribution in [1.82, 2.24) is 15.0 Å². The van der Waals surface area contributed by atoms with Gasteiger partial charge in [-0.2, -0.15) is 0 Å². The average molecular weight is 222 g/mol. The molecule has 0 spiro atoms. The van der Waals surface area contributed by atoms with Crippen molar-refractivity contribution in [2.45, 2.75) is 12.5 Å².